The van der Waals surface area contributed by atoms with E-state index in [0.29, 0.717) is 0 Å². The molecule has 0 bridgehead atoms. The number of rotatable bonds is 2. The maximum Gasteiger partial charge on any atom is 0.119 e. The van der Waals surface area contributed by atoms with E-state index in [-0.39, 0.29) is 0 Å². The molecule has 0 unspecified atom stereocenters. The SMILES string of the molecule is COc1cccc(-c2[c]c3ccccc3cc2)c1. The molecule has 3 aromatic rings. The molecule has 1 nitrogen and oxygen atoms in total. The quantitative estimate of drug-likeness (QED) is 0.640. The maximum absolute atomic E-state index is 5.25. The van der Waals surface area contributed by atoms with Gasteiger partial charge in [0.1, 0.15) is 5.75 Å². The Hall–Kier alpha value is -2.28. The fourth-order valence-corrected chi connectivity index (χ4v) is 2.08. The van der Waals surface area contributed by atoms with Crippen LogP contribution in [0.15, 0.2) is 60.7 Å². The summed E-state index contributed by atoms with van der Waals surface area (Å²) in [5.74, 6) is 0.869. The highest BCUT2D eigenvalue weighted by Crippen LogP contribution is 2.26. The summed E-state index contributed by atoms with van der Waals surface area (Å²) in [6.07, 6.45) is 0. The zero-order valence-corrected chi connectivity index (χ0v) is 10.2. The van der Waals surface area contributed by atoms with Crippen molar-refractivity contribution in [3.05, 3.63) is 66.7 Å². The minimum absolute atomic E-state index is 0.869. The molecule has 0 heterocycles. The molecule has 1 radical (unpaired) electrons. The second-order valence-electron chi connectivity index (χ2n) is 4.19. The molecule has 18 heavy (non-hydrogen) atoms. The van der Waals surface area contributed by atoms with Gasteiger partial charge in [-0.3, -0.25) is 0 Å². The third-order valence-corrected chi connectivity index (χ3v) is 3.04. The summed E-state index contributed by atoms with van der Waals surface area (Å²) in [6, 6.07) is 24.0. The molecule has 0 atom stereocenters. The van der Waals surface area contributed by atoms with E-state index in [1.54, 1.807) is 7.11 Å². The predicted octanol–water partition coefficient (Wildman–Crippen LogP) is 4.32. The Morgan fingerprint density at radius 3 is 2.67 bits per heavy atom. The van der Waals surface area contributed by atoms with Crippen molar-refractivity contribution in [2.45, 2.75) is 0 Å². The normalized spacial score (nSPS) is 10.5. The molecule has 1 heteroatoms. The fraction of sp³-hybridized carbons (Fsp3) is 0.0588. The van der Waals surface area contributed by atoms with Crippen LogP contribution in [0, 0.1) is 6.07 Å². The number of methoxy groups -OCH3 is 1. The number of hydrogen-bond donors (Lipinski definition) is 0. The smallest absolute Gasteiger partial charge is 0.119 e. The molecule has 0 aliphatic rings. The second-order valence-corrected chi connectivity index (χ2v) is 4.19. The van der Waals surface area contributed by atoms with Crippen LogP contribution in [0.4, 0.5) is 0 Å². The summed E-state index contributed by atoms with van der Waals surface area (Å²) in [5.41, 5.74) is 2.22. The van der Waals surface area contributed by atoms with Gasteiger partial charge in [-0.15, -0.1) is 0 Å². The van der Waals surface area contributed by atoms with E-state index in [9.17, 15) is 0 Å². The van der Waals surface area contributed by atoms with Crippen LogP contribution in [-0.4, -0.2) is 7.11 Å². The van der Waals surface area contributed by atoms with Gasteiger partial charge in [0.15, 0.2) is 0 Å². The van der Waals surface area contributed by atoms with Gasteiger partial charge in [0.25, 0.3) is 0 Å². The van der Waals surface area contributed by atoms with Crippen LogP contribution in [-0.2, 0) is 0 Å². The zero-order chi connectivity index (χ0) is 12.4. The van der Waals surface area contributed by atoms with Crippen molar-refractivity contribution in [2.75, 3.05) is 7.11 Å². The molecule has 0 aromatic heterocycles. The van der Waals surface area contributed by atoms with Crippen LogP contribution in [0.3, 0.4) is 0 Å². The Morgan fingerprint density at radius 2 is 1.78 bits per heavy atom. The first-order valence-corrected chi connectivity index (χ1v) is 5.92. The molecule has 0 aliphatic heterocycles. The molecule has 3 rings (SSSR count). The van der Waals surface area contributed by atoms with Gasteiger partial charge in [-0.1, -0.05) is 48.5 Å². The first-order valence-electron chi connectivity index (χ1n) is 5.92. The molecule has 0 amide bonds. The summed E-state index contributed by atoms with van der Waals surface area (Å²) in [4.78, 5) is 0. The van der Waals surface area contributed by atoms with Crippen molar-refractivity contribution in [1.82, 2.24) is 0 Å². The highest BCUT2D eigenvalue weighted by molar-refractivity contribution is 5.86. The van der Waals surface area contributed by atoms with Crippen LogP contribution >= 0.6 is 0 Å². The Morgan fingerprint density at radius 1 is 0.889 bits per heavy atom. The number of ether oxygens (including phenoxy) is 1. The van der Waals surface area contributed by atoms with Crippen molar-refractivity contribution >= 4 is 10.8 Å². The van der Waals surface area contributed by atoms with Gasteiger partial charge in [0.05, 0.1) is 7.11 Å². The minimum atomic E-state index is 0.869. The van der Waals surface area contributed by atoms with Gasteiger partial charge in [-0.05, 0) is 40.1 Å². The van der Waals surface area contributed by atoms with E-state index in [2.05, 4.69) is 36.4 Å². The second kappa shape index (κ2) is 4.53. The lowest BCUT2D eigenvalue weighted by atomic mass is 10.0. The van der Waals surface area contributed by atoms with E-state index >= 15 is 0 Å². The molecule has 87 valence electrons. The van der Waals surface area contributed by atoms with Crippen LogP contribution in [0.1, 0.15) is 0 Å². The number of hydrogen-bond acceptors (Lipinski definition) is 1. The van der Waals surface area contributed by atoms with Crippen molar-refractivity contribution in [2.24, 2.45) is 0 Å². The third-order valence-electron chi connectivity index (χ3n) is 3.04. The lowest BCUT2D eigenvalue weighted by Gasteiger charge is -2.05. The van der Waals surface area contributed by atoms with E-state index in [1.165, 1.54) is 5.39 Å². The van der Waals surface area contributed by atoms with E-state index in [4.69, 9.17) is 4.74 Å². The predicted molar refractivity (Wildman–Crippen MR) is 74.8 cm³/mol. The van der Waals surface area contributed by atoms with Crippen molar-refractivity contribution in [3.63, 3.8) is 0 Å². The van der Waals surface area contributed by atoms with E-state index < -0.39 is 0 Å². The molecule has 0 saturated heterocycles. The highest BCUT2D eigenvalue weighted by atomic mass is 16.5. The molecule has 0 fully saturated rings. The first-order chi connectivity index (χ1) is 8.86. The van der Waals surface area contributed by atoms with E-state index in [0.717, 1.165) is 22.3 Å². The molecule has 0 aliphatic carbocycles. The standard InChI is InChI=1S/C17H13O/c1-18-17-8-4-7-15(12-17)16-10-9-13-5-2-3-6-14(13)11-16/h2-10,12H,1H3. The molecule has 0 N–H and O–H groups in total. The Bertz CT molecular complexity index is 686. The summed E-state index contributed by atoms with van der Waals surface area (Å²) in [5, 5.41) is 2.35. The Balaban J connectivity index is 2.13. The van der Waals surface area contributed by atoms with Gasteiger partial charge in [-0.25, -0.2) is 0 Å². The van der Waals surface area contributed by atoms with Crippen LogP contribution in [0.2, 0.25) is 0 Å². The van der Waals surface area contributed by atoms with Gasteiger partial charge in [0.2, 0.25) is 0 Å². The monoisotopic (exact) mass is 233 g/mol. The first kappa shape index (κ1) is 10.8. The summed E-state index contributed by atoms with van der Waals surface area (Å²) >= 11 is 0. The van der Waals surface area contributed by atoms with Crippen LogP contribution in [0.5, 0.6) is 5.75 Å². The summed E-state index contributed by atoms with van der Waals surface area (Å²) < 4.78 is 5.25. The average molecular weight is 233 g/mol. The average Bonchev–Trinajstić information content (AvgIpc) is 2.47. The van der Waals surface area contributed by atoms with Crippen molar-refractivity contribution < 1.29 is 4.74 Å². The molecule has 0 spiro atoms. The lowest BCUT2D eigenvalue weighted by molar-refractivity contribution is 0.415. The zero-order valence-electron chi connectivity index (χ0n) is 10.2. The molecule has 0 saturated carbocycles. The summed E-state index contributed by atoms with van der Waals surface area (Å²) in [6.45, 7) is 0. The van der Waals surface area contributed by atoms with E-state index in [1.807, 2.05) is 30.3 Å². The fourth-order valence-electron chi connectivity index (χ4n) is 2.08. The topological polar surface area (TPSA) is 9.23 Å². The minimum Gasteiger partial charge on any atom is -0.497 e. The van der Waals surface area contributed by atoms with Crippen LogP contribution < -0.4 is 4.74 Å². The molecular weight excluding hydrogens is 220 g/mol. The van der Waals surface area contributed by atoms with Gasteiger partial charge < -0.3 is 4.74 Å². The number of benzene rings is 3. The highest BCUT2D eigenvalue weighted by Gasteiger charge is 2.01. The Labute approximate surface area is 107 Å². The summed E-state index contributed by atoms with van der Waals surface area (Å²) in [7, 11) is 1.68. The molecule has 3 aromatic carbocycles. The van der Waals surface area contributed by atoms with Crippen LogP contribution in [0.25, 0.3) is 21.9 Å². The van der Waals surface area contributed by atoms with Gasteiger partial charge >= 0.3 is 0 Å². The maximum atomic E-state index is 5.25. The van der Waals surface area contributed by atoms with Gasteiger partial charge in [0, 0.05) is 0 Å². The lowest BCUT2D eigenvalue weighted by Crippen LogP contribution is -1.84. The molecular formula is C17H13O. The largest absolute Gasteiger partial charge is 0.497 e. The third kappa shape index (κ3) is 1.95. The Kier molecular flexibility index (Phi) is 2.73. The number of fused-ring (bicyclic) bond motifs is 1. The van der Waals surface area contributed by atoms with Crippen molar-refractivity contribution in [3.8, 4) is 16.9 Å². The van der Waals surface area contributed by atoms with Crippen molar-refractivity contribution in [1.29, 1.82) is 0 Å². The van der Waals surface area contributed by atoms with Gasteiger partial charge in [-0.2, -0.15) is 0 Å².